The zero-order valence-electron chi connectivity index (χ0n) is 12.6. The number of ether oxygens (including phenoxy) is 1. The van der Waals surface area contributed by atoms with Crippen LogP contribution >= 0.6 is 38.6 Å². The molecule has 1 saturated heterocycles. The van der Waals surface area contributed by atoms with Crippen LogP contribution in [0.2, 0.25) is 0 Å². The van der Waals surface area contributed by atoms with Crippen LogP contribution in [-0.4, -0.2) is 30.1 Å². The maximum Gasteiger partial charge on any atom is 0.247 e. The summed E-state index contributed by atoms with van der Waals surface area (Å²) < 4.78 is 6.77. The summed E-state index contributed by atoms with van der Waals surface area (Å²) in [5.74, 6) is 0.0402. The molecule has 0 radical (unpaired) electrons. The summed E-state index contributed by atoms with van der Waals surface area (Å²) in [6.07, 6.45) is 5.85. The van der Waals surface area contributed by atoms with Crippen LogP contribution in [0.4, 0.5) is 0 Å². The third kappa shape index (κ3) is 5.01. The van der Waals surface area contributed by atoms with E-state index in [1.807, 2.05) is 34.6 Å². The summed E-state index contributed by atoms with van der Waals surface area (Å²) in [6.45, 7) is 2.12. The van der Waals surface area contributed by atoms with E-state index in [0.717, 1.165) is 28.1 Å². The number of halogens is 1. The smallest absolute Gasteiger partial charge is 0.247 e. The normalized spacial score (nSPS) is 17.9. The van der Waals surface area contributed by atoms with Gasteiger partial charge in [0, 0.05) is 29.0 Å². The molecule has 0 spiro atoms. The summed E-state index contributed by atoms with van der Waals surface area (Å²) in [4.78, 5) is 16.8. The maximum absolute atomic E-state index is 12.6. The van der Waals surface area contributed by atoms with E-state index < -0.39 is 0 Å². The summed E-state index contributed by atoms with van der Waals surface area (Å²) in [5.41, 5.74) is 0. The monoisotopic (exact) mass is 411 g/mol. The largest absolute Gasteiger partial charge is 0.376 e. The molecule has 1 unspecified atom stereocenters. The highest BCUT2D eigenvalue weighted by Crippen LogP contribution is 2.23. The van der Waals surface area contributed by atoms with Crippen LogP contribution in [-0.2, 0) is 16.1 Å². The zero-order chi connectivity index (χ0) is 16.1. The SMILES string of the molecule is O=C(/C=C/c1ccc(Br)s1)N(Cc1cccs1)CC1CCCO1. The number of thiophene rings is 2. The highest BCUT2D eigenvalue weighted by atomic mass is 79.9. The molecule has 1 aliphatic heterocycles. The van der Waals surface area contributed by atoms with Gasteiger partial charge in [0.25, 0.3) is 0 Å². The number of nitrogens with zero attached hydrogens (tertiary/aromatic N) is 1. The number of hydrogen-bond acceptors (Lipinski definition) is 4. The van der Waals surface area contributed by atoms with Crippen molar-refractivity contribution in [2.45, 2.75) is 25.5 Å². The molecule has 1 atom stereocenters. The van der Waals surface area contributed by atoms with E-state index in [2.05, 4.69) is 22.0 Å². The molecular formula is C17H18BrNO2S2. The molecular weight excluding hydrogens is 394 g/mol. The van der Waals surface area contributed by atoms with Crippen molar-refractivity contribution in [3.63, 3.8) is 0 Å². The molecule has 0 N–H and O–H groups in total. The van der Waals surface area contributed by atoms with E-state index >= 15 is 0 Å². The van der Waals surface area contributed by atoms with Gasteiger partial charge in [-0.25, -0.2) is 0 Å². The molecule has 1 aliphatic rings. The second-order valence-corrected chi connectivity index (χ2v) is 8.94. The lowest BCUT2D eigenvalue weighted by Gasteiger charge is -2.23. The van der Waals surface area contributed by atoms with Gasteiger partial charge in [-0.15, -0.1) is 22.7 Å². The standard InChI is InChI=1S/C17H18BrNO2S2/c18-16-7-5-14(23-16)6-8-17(20)19(11-13-3-1-9-21-13)12-15-4-2-10-22-15/h2,4-8,10,13H,1,3,9,11-12H2/b8-6+. The van der Waals surface area contributed by atoms with Gasteiger partial charge in [0.15, 0.2) is 0 Å². The zero-order valence-corrected chi connectivity index (χ0v) is 15.8. The molecule has 1 amide bonds. The van der Waals surface area contributed by atoms with Crippen molar-refractivity contribution in [2.24, 2.45) is 0 Å². The lowest BCUT2D eigenvalue weighted by molar-refractivity contribution is -0.128. The summed E-state index contributed by atoms with van der Waals surface area (Å²) in [7, 11) is 0. The van der Waals surface area contributed by atoms with E-state index in [-0.39, 0.29) is 12.0 Å². The van der Waals surface area contributed by atoms with Gasteiger partial charge in [0.05, 0.1) is 16.4 Å². The average Bonchev–Trinajstić information content (AvgIpc) is 3.27. The van der Waals surface area contributed by atoms with Gasteiger partial charge in [0.2, 0.25) is 5.91 Å². The first-order valence-corrected chi connectivity index (χ1v) is 10.1. The fourth-order valence-electron chi connectivity index (χ4n) is 2.53. The number of rotatable bonds is 6. The van der Waals surface area contributed by atoms with Crippen LogP contribution in [0.1, 0.15) is 22.6 Å². The highest BCUT2D eigenvalue weighted by molar-refractivity contribution is 9.11. The third-order valence-corrected chi connectivity index (χ3v) is 6.12. The molecule has 1 fully saturated rings. The Morgan fingerprint density at radius 2 is 2.35 bits per heavy atom. The molecule has 0 saturated carbocycles. The molecule has 2 aromatic rings. The molecule has 23 heavy (non-hydrogen) atoms. The predicted octanol–water partition coefficient (Wildman–Crippen LogP) is 4.79. The van der Waals surface area contributed by atoms with Crippen molar-refractivity contribution in [3.05, 3.63) is 49.3 Å². The van der Waals surface area contributed by atoms with Gasteiger partial charge >= 0.3 is 0 Å². The van der Waals surface area contributed by atoms with Crippen molar-refractivity contribution >= 4 is 50.6 Å². The summed E-state index contributed by atoms with van der Waals surface area (Å²) in [6, 6.07) is 8.08. The lowest BCUT2D eigenvalue weighted by Crippen LogP contribution is -2.35. The van der Waals surface area contributed by atoms with Gasteiger partial charge in [-0.2, -0.15) is 0 Å². The maximum atomic E-state index is 12.6. The topological polar surface area (TPSA) is 29.5 Å². The summed E-state index contributed by atoms with van der Waals surface area (Å²) >= 11 is 6.74. The minimum Gasteiger partial charge on any atom is -0.376 e. The van der Waals surface area contributed by atoms with Crippen molar-refractivity contribution in [1.82, 2.24) is 4.90 Å². The Morgan fingerprint density at radius 1 is 1.43 bits per heavy atom. The van der Waals surface area contributed by atoms with Crippen LogP contribution in [0, 0.1) is 0 Å². The Hall–Kier alpha value is -0.950. The second-order valence-electron chi connectivity index (χ2n) is 5.41. The van der Waals surface area contributed by atoms with E-state index in [4.69, 9.17) is 4.74 Å². The van der Waals surface area contributed by atoms with Crippen molar-refractivity contribution in [1.29, 1.82) is 0 Å². The van der Waals surface area contributed by atoms with Crippen LogP contribution in [0.15, 0.2) is 39.5 Å². The fourth-order valence-corrected chi connectivity index (χ4v) is 4.58. The van der Waals surface area contributed by atoms with Crippen LogP contribution in [0.5, 0.6) is 0 Å². The molecule has 3 heterocycles. The Morgan fingerprint density at radius 3 is 3.00 bits per heavy atom. The molecule has 0 aromatic carbocycles. The number of amides is 1. The molecule has 0 bridgehead atoms. The third-order valence-electron chi connectivity index (χ3n) is 3.67. The predicted molar refractivity (Wildman–Crippen MR) is 99.8 cm³/mol. The first-order valence-electron chi connectivity index (χ1n) is 7.57. The lowest BCUT2D eigenvalue weighted by atomic mass is 10.2. The molecule has 0 aliphatic carbocycles. The van der Waals surface area contributed by atoms with Gasteiger partial charge in [-0.3, -0.25) is 4.79 Å². The van der Waals surface area contributed by atoms with Crippen molar-refractivity contribution in [2.75, 3.05) is 13.2 Å². The number of carbonyl (C=O) groups excluding carboxylic acids is 1. The minimum absolute atomic E-state index is 0.0402. The van der Waals surface area contributed by atoms with Gasteiger partial charge < -0.3 is 9.64 Å². The Bertz CT molecular complexity index is 660. The van der Waals surface area contributed by atoms with Gasteiger partial charge in [-0.1, -0.05) is 6.07 Å². The molecule has 122 valence electrons. The molecule has 3 nitrogen and oxygen atoms in total. The van der Waals surface area contributed by atoms with Gasteiger partial charge in [0.1, 0.15) is 0 Å². The number of carbonyl (C=O) groups is 1. The van der Waals surface area contributed by atoms with Crippen LogP contribution in [0.25, 0.3) is 6.08 Å². The molecule has 6 heteroatoms. The first kappa shape index (κ1) is 16.9. The van der Waals surface area contributed by atoms with Crippen LogP contribution < -0.4 is 0 Å². The Balaban J connectivity index is 1.67. The Kier molecular flexibility index (Phi) is 6.05. The van der Waals surface area contributed by atoms with Crippen molar-refractivity contribution < 1.29 is 9.53 Å². The Labute approximate surface area is 152 Å². The highest BCUT2D eigenvalue weighted by Gasteiger charge is 2.22. The quantitative estimate of drug-likeness (QED) is 0.639. The average molecular weight is 412 g/mol. The minimum atomic E-state index is 0.0402. The second kappa shape index (κ2) is 8.24. The number of hydrogen-bond donors (Lipinski definition) is 0. The molecule has 3 rings (SSSR count). The molecule has 2 aromatic heterocycles. The van der Waals surface area contributed by atoms with E-state index in [1.54, 1.807) is 28.7 Å². The first-order chi connectivity index (χ1) is 11.2. The van der Waals surface area contributed by atoms with E-state index in [9.17, 15) is 4.79 Å². The van der Waals surface area contributed by atoms with Gasteiger partial charge in [-0.05, 0) is 58.4 Å². The van der Waals surface area contributed by atoms with Crippen molar-refractivity contribution in [3.8, 4) is 0 Å². The van der Waals surface area contributed by atoms with E-state index in [0.29, 0.717) is 13.1 Å². The van der Waals surface area contributed by atoms with Crippen LogP contribution in [0.3, 0.4) is 0 Å². The van der Waals surface area contributed by atoms with E-state index in [1.165, 1.54) is 4.88 Å². The summed E-state index contributed by atoms with van der Waals surface area (Å²) in [5, 5.41) is 2.04. The fraction of sp³-hybridized carbons (Fsp3) is 0.353.